The number of aryl methyl sites for hydroxylation is 1. The molecule has 0 saturated heterocycles. The van der Waals surface area contributed by atoms with Crippen LogP contribution in [0.1, 0.15) is 24.1 Å². The summed E-state index contributed by atoms with van der Waals surface area (Å²) in [5.74, 6) is 1.33. The van der Waals surface area contributed by atoms with Gasteiger partial charge in [0, 0.05) is 23.7 Å². The maximum Gasteiger partial charge on any atom is 0.214 e. The van der Waals surface area contributed by atoms with Crippen molar-refractivity contribution < 1.29 is 4.79 Å². The molecule has 0 bridgehead atoms. The fraction of sp³-hybridized carbons (Fsp3) is 0.238. The second-order valence-corrected chi connectivity index (χ2v) is 8.38. The highest BCUT2D eigenvalue weighted by Gasteiger charge is 2.28. The van der Waals surface area contributed by atoms with Gasteiger partial charge in [0.15, 0.2) is 0 Å². The molecule has 0 atom stereocenters. The van der Waals surface area contributed by atoms with Crippen LogP contribution in [0.4, 0.5) is 11.6 Å². The zero-order valence-electron chi connectivity index (χ0n) is 15.9. The van der Waals surface area contributed by atoms with E-state index in [0.29, 0.717) is 24.1 Å². The van der Waals surface area contributed by atoms with Crippen LogP contribution in [0.3, 0.4) is 0 Å². The highest BCUT2D eigenvalue weighted by molar-refractivity contribution is 7.99. The van der Waals surface area contributed by atoms with Crippen molar-refractivity contribution in [2.24, 2.45) is 5.92 Å². The summed E-state index contributed by atoms with van der Waals surface area (Å²) < 4.78 is 1.91. The smallest absolute Gasteiger partial charge is 0.214 e. The van der Waals surface area contributed by atoms with Gasteiger partial charge in [0.05, 0.1) is 11.7 Å². The van der Waals surface area contributed by atoms with Crippen LogP contribution in [-0.2, 0) is 11.2 Å². The van der Waals surface area contributed by atoms with Gasteiger partial charge < -0.3 is 5.32 Å². The number of anilines is 2. The lowest BCUT2D eigenvalue weighted by molar-refractivity contribution is -0.119. The topological polar surface area (TPSA) is 88.0 Å². The average molecular weight is 404 g/mol. The number of aromatic amines is 1. The van der Waals surface area contributed by atoms with Crippen molar-refractivity contribution in [3.05, 3.63) is 60.2 Å². The number of H-pyrrole nitrogens is 1. The number of rotatable bonds is 7. The molecular formula is C21H20N6OS. The molecule has 2 N–H and O–H groups in total. The normalized spacial score (nSPS) is 13.7. The van der Waals surface area contributed by atoms with Crippen molar-refractivity contribution >= 4 is 34.7 Å². The molecular weight excluding hydrogens is 384 g/mol. The largest absolute Gasteiger partial charge is 0.325 e. The molecule has 1 saturated carbocycles. The van der Waals surface area contributed by atoms with E-state index in [0.717, 1.165) is 45.4 Å². The Bertz CT molecular complexity index is 1180. The van der Waals surface area contributed by atoms with E-state index in [4.69, 9.17) is 4.98 Å². The number of benzene rings is 1. The number of fused-ring (bicyclic) bond motifs is 1. The number of Topliss-reactive ketones (excluding diaryl/α,β-unsaturated/α-hetero) is 1. The molecule has 7 nitrogen and oxygen atoms in total. The third-order valence-corrected chi connectivity index (χ3v) is 5.73. The Hall–Kier alpha value is -3.13. The van der Waals surface area contributed by atoms with Crippen LogP contribution in [0.15, 0.2) is 59.0 Å². The van der Waals surface area contributed by atoms with Gasteiger partial charge in [-0.1, -0.05) is 12.1 Å². The van der Waals surface area contributed by atoms with Gasteiger partial charge in [-0.2, -0.15) is 5.10 Å². The van der Waals surface area contributed by atoms with Crippen LogP contribution in [0, 0.1) is 12.8 Å². The molecule has 1 fully saturated rings. The zero-order chi connectivity index (χ0) is 19.8. The number of ketones is 1. The van der Waals surface area contributed by atoms with Crippen molar-refractivity contribution in [3.63, 3.8) is 0 Å². The van der Waals surface area contributed by atoms with Gasteiger partial charge in [0.1, 0.15) is 22.2 Å². The third kappa shape index (κ3) is 4.02. The SMILES string of the molecule is Cc1cc(Sc2cc3cncn3c(Nc3ccc(CC(=O)C4CC4)cc3)n2)n[nH]1. The number of carbonyl (C=O) groups excluding carboxylic acids is 1. The molecule has 0 unspecified atom stereocenters. The Morgan fingerprint density at radius 2 is 2.07 bits per heavy atom. The van der Waals surface area contributed by atoms with Crippen molar-refractivity contribution in [2.45, 2.75) is 36.2 Å². The zero-order valence-corrected chi connectivity index (χ0v) is 16.7. The van der Waals surface area contributed by atoms with E-state index in [2.05, 4.69) is 20.5 Å². The molecule has 3 heterocycles. The predicted octanol–water partition coefficient (Wildman–Crippen LogP) is 4.18. The maximum atomic E-state index is 12.0. The number of imidazole rings is 1. The molecule has 0 radical (unpaired) electrons. The average Bonchev–Trinajstić information content (AvgIpc) is 3.32. The molecule has 0 amide bonds. The third-order valence-electron chi connectivity index (χ3n) is 4.90. The van der Waals surface area contributed by atoms with Crippen LogP contribution >= 0.6 is 11.8 Å². The summed E-state index contributed by atoms with van der Waals surface area (Å²) in [6, 6.07) is 11.9. The summed E-state index contributed by atoms with van der Waals surface area (Å²) in [7, 11) is 0. The number of aromatic nitrogens is 5. The first-order valence-electron chi connectivity index (χ1n) is 9.56. The molecule has 1 aliphatic carbocycles. The van der Waals surface area contributed by atoms with Crippen LogP contribution in [-0.4, -0.2) is 30.3 Å². The lowest BCUT2D eigenvalue weighted by Gasteiger charge is -2.10. The Balaban J connectivity index is 1.37. The first-order valence-corrected chi connectivity index (χ1v) is 10.4. The molecule has 5 rings (SSSR count). The first-order chi connectivity index (χ1) is 14.1. The summed E-state index contributed by atoms with van der Waals surface area (Å²) in [5, 5.41) is 12.3. The van der Waals surface area contributed by atoms with Crippen LogP contribution in [0.25, 0.3) is 5.52 Å². The minimum absolute atomic E-state index is 0.296. The summed E-state index contributed by atoms with van der Waals surface area (Å²) in [4.78, 5) is 21.0. The predicted molar refractivity (Wildman–Crippen MR) is 112 cm³/mol. The maximum absolute atomic E-state index is 12.0. The Labute approximate surface area is 172 Å². The highest BCUT2D eigenvalue weighted by Crippen LogP contribution is 2.31. The highest BCUT2D eigenvalue weighted by atomic mass is 32.2. The van der Waals surface area contributed by atoms with Gasteiger partial charge in [-0.3, -0.25) is 14.3 Å². The fourth-order valence-electron chi connectivity index (χ4n) is 3.18. The Kier molecular flexibility index (Phi) is 4.55. The van der Waals surface area contributed by atoms with Gasteiger partial charge in [0.2, 0.25) is 5.95 Å². The number of hydrogen-bond acceptors (Lipinski definition) is 6. The first kappa shape index (κ1) is 17.9. The van der Waals surface area contributed by atoms with Gasteiger partial charge in [0.25, 0.3) is 0 Å². The van der Waals surface area contributed by atoms with Crippen molar-refractivity contribution in [1.29, 1.82) is 0 Å². The van der Waals surface area contributed by atoms with Gasteiger partial charge in [-0.25, -0.2) is 9.97 Å². The monoisotopic (exact) mass is 404 g/mol. The Morgan fingerprint density at radius 3 is 2.79 bits per heavy atom. The van der Waals surface area contributed by atoms with Crippen LogP contribution in [0.5, 0.6) is 0 Å². The molecule has 4 aromatic rings. The van der Waals surface area contributed by atoms with Crippen molar-refractivity contribution in [2.75, 3.05) is 5.32 Å². The van der Waals surface area contributed by atoms with Crippen LogP contribution < -0.4 is 5.32 Å². The number of nitrogens with zero attached hydrogens (tertiary/aromatic N) is 4. The number of hydrogen-bond donors (Lipinski definition) is 2. The van der Waals surface area contributed by atoms with Gasteiger partial charge in [-0.05, 0) is 61.4 Å². The number of carbonyl (C=O) groups is 1. The molecule has 1 aromatic carbocycles. The fourth-order valence-corrected chi connectivity index (χ4v) is 4.04. The molecule has 146 valence electrons. The molecule has 0 spiro atoms. The van der Waals surface area contributed by atoms with Gasteiger partial charge in [-0.15, -0.1) is 0 Å². The summed E-state index contributed by atoms with van der Waals surface area (Å²) >= 11 is 1.50. The molecule has 1 aliphatic rings. The van der Waals surface area contributed by atoms with E-state index in [1.165, 1.54) is 11.8 Å². The summed E-state index contributed by atoms with van der Waals surface area (Å²) in [5.41, 5.74) is 3.92. The Morgan fingerprint density at radius 1 is 1.24 bits per heavy atom. The summed E-state index contributed by atoms with van der Waals surface area (Å²) in [6.45, 7) is 1.97. The second kappa shape index (κ2) is 7.36. The van der Waals surface area contributed by atoms with E-state index in [-0.39, 0.29) is 0 Å². The van der Waals surface area contributed by atoms with Gasteiger partial charge >= 0.3 is 0 Å². The van der Waals surface area contributed by atoms with E-state index in [1.807, 2.05) is 47.7 Å². The van der Waals surface area contributed by atoms with E-state index < -0.39 is 0 Å². The quantitative estimate of drug-likeness (QED) is 0.449. The minimum Gasteiger partial charge on any atom is -0.325 e. The molecule has 8 heteroatoms. The van der Waals surface area contributed by atoms with E-state index >= 15 is 0 Å². The summed E-state index contributed by atoms with van der Waals surface area (Å²) in [6.07, 6.45) is 6.17. The molecule has 29 heavy (non-hydrogen) atoms. The van der Waals surface area contributed by atoms with E-state index in [1.54, 1.807) is 12.5 Å². The van der Waals surface area contributed by atoms with Crippen molar-refractivity contribution in [1.82, 2.24) is 24.6 Å². The van der Waals surface area contributed by atoms with Crippen molar-refractivity contribution in [3.8, 4) is 0 Å². The minimum atomic E-state index is 0.296. The lowest BCUT2D eigenvalue weighted by atomic mass is 10.1. The standard InChI is InChI=1S/C21H20N6OS/c1-13-8-20(26-25-13)29-19-10-17-11-22-12-27(17)21(24-19)23-16-6-2-14(3-7-16)9-18(28)15-4-5-15/h2-3,6-8,10-12,15H,4-5,9H2,1H3,(H,23,24)(H,25,26). The molecule has 3 aromatic heterocycles. The van der Waals surface area contributed by atoms with Crippen LogP contribution in [0.2, 0.25) is 0 Å². The second-order valence-electron chi connectivity index (χ2n) is 7.34. The van der Waals surface area contributed by atoms with E-state index in [9.17, 15) is 4.79 Å². The number of nitrogens with one attached hydrogen (secondary N) is 2. The lowest BCUT2D eigenvalue weighted by Crippen LogP contribution is -2.05. The molecule has 0 aliphatic heterocycles.